The molecule has 1 N–H and O–H groups in total. The summed E-state index contributed by atoms with van der Waals surface area (Å²) in [5.74, 6) is 0.845. The van der Waals surface area contributed by atoms with Gasteiger partial charge in [-0.05, 0) is 31.7 Å². The van der Waals surface area contributed by atoms with Crippen molar-refractivity contribution in [3.05, 3.63) is 30.9 Å². The van der Waals surface area contributed by atoms with Crippen LogP contribution in [-0.4, -0.2) is 22.6 Å². The molecule has 0 spiro atoms. The van der Waals surface area contributed by atoms with Crippen molar-refractivity contribution in [1.29, 1.82) is 0 Å². The third-order valence-electron chi connectivity index (χ3n) is 2.92. The first-order valence-electron chi connectivity index (χ1n) is 5.76. The minimum atomic E-state index is 0.845. The van der Waals surface area contributed by atoms with Crippen molar-refractivity contribution in [1.82, 2.24) is 14.9 Å². The molecule has 0 saturated carbocycles. The molecule has 0 aliphatic heterocycles. The molecule has 0 radical (unpaired) electrons. The Morgan fingerprint density at radius 1 is 1.40 bits per heavy atom. The predicted octanol–water partition coefficient (Wildman–Crippen LogP) is 1.83. The SMILES string of the molecule is C1=CCC(CNCCn2ccnc2)CC1. The Bertz CT molecular complexity index is 290. The summed E-state index contributed by atoms with van der Waals surface area (Å²) in [6.45, 7) is 3.21. The topological polar surface area (TPSA) is 29.9 Å². The van der Waals surface area contributed by atoms with Gasteiger partial charge in [0.25, 0.3) is 0 Å². The van der Waals surface area contributed by atoms with E-state index in [2.05, 4.69) is 27.0 Å². The largest absolute Gasteiger partial charge is 0.336 e. The quantitative estimate of drug-likeness (QED) is 0.587. The van der Waals surface area contributed by atoms with E-state index in [1.165, 1.54) is 19.3 Å². The highest BCUT2D eigenvalue weighted by atomic mass is 15.0. The number of allylic oxidation sites excluding steroid dienone is 2. The van der Waals surface area contributed by atoms with E-state index in [9.17, 15) is 0 Å². The first-order valence-corrected chi connectivity index (χ1v) is 5.76. The lowest BCUT2D eigenvalue weighted by Gasteiger charge is -2.18. The number of imidazole rings is 1. The molecule has 1 aliphatic carbocycles. The molecule has 1 aromatic rings. The number of hydrogen-bond donors (Lipinski definition) is 1. The molecule has 1 atom stereocenters. The van der Waals surface area contributed by atoms with Crippen LogP contribution in [0.3, 0.4) is 0 Å². The lowest BCUT2D eigenvalue weighted by Crippen LogP contribution is -2.26. The highest BCUT2D eigenvalue weighted by Crippen LogP contribution is 2.16. The van der Waals surface area contributed by atoms with Gasteiger partial charge in [0, 0.05) is 25.5 Å². The zero-order valence-corrected chi connectivity index (χ0v) is 9.10. The Morgan fingerprint density at radius 3 is 3.13 bits per heavy atom. The molecule has 2 rings (SSSR count). The van der Waals surface area contributed by atoms with Gasteiger partial charge in [0.05, 0.1) is 6.33 Å². The van der Waals surface area contributed by atoms with Crippen molar-refractivity contribution < 1.29 is 0 Å². The Balaban J connectivity index is 1.57. The third kappa shape index (κ3) is 3.51. The van der Waals surface area contributed by atoms with Crippen LogP contribution in [0.2, 0.25) is 0 Å². The molecule has 0 saturated heterocycles. The van der Waals surface area contributed by atoms with Gasteiger partial charge in [-0.25, -0.2) is 4.98 Å². The third-order valence-corrected chi connectivity index (χ3v) is 2.92. The molecule has 1 aromatic heterocycles. The lowest BCUT2D eigenvalue weighted by atomic mass is 9.94. The maximum atomic E-state index is 4.02. The van der Waals surface area contributed by atoms with Gasteiger partial charge in [-0.2, -0.15) is 0 Å². The van der Waals surface area contributed by atoms with Crippen molar-refractivity contribution in [2.75, 3.05) is 13.1 Å². The predicted molar refractivity (Wildman–Crippen MR) is 61.6 cm³/mol. The number of rotatable bonds is 5. The zero-order valence-electron chi connectivity index (χ0n) is 9.10. The first kappa shape index (κ1) is 10.4. The van der Waals surface area contributed by atoms with Gasteiger partial charge in [0.15, 0.2) is 0 Å². The maximum Gasteiger partial charge on any atom is 0.0946 e. The molecule has 0 bridgehead atoms. The number of nitrogens with one attached hydrogen (secondary N) is 1. The van der Waals surface area contributed by atoms with Gasteiger partial charge >= 0.3 is 0 Å². The molecular weight excluding hydrogens is 186 g/mol. The standard InChI is InChI=1S/C12H19N3/c1-2-4-12(5-3-1)10-13-6-8-15-9-7-14-11-15/h1-2,7,9,11-13H,3-6,8,10H2. The fourth-order valence-corrected chi connectivity index (χ4v) is 1.98. The molecule has 1 unspecified atom stereocenters. The van der Waals surface area contributed by atoms with Crippen LogP contribution in [-0.2, 0) is 6.54 Å². The summed E-state index contributed by atoms with van der Waals surface area (Å²) < 4.78 is 2.10. The lowest BCUT2D eigenvalue weighted by molar-refractivity contribution is 0.434. The van der Waals surface area contributed by atoms with E-state index in [1.807, 2.05) is 18.7 Å². The summed E-state index contributed by atoms with van der Waals surface area (Å²) >= 11 is 0. The zero-order chi connectivity index (χ0) is 10.3. The van der Waals surface area contributed by atoms with Crippen molar-refractivity contribution in [3.63, 3.8) is 0 Å². The number of aromatic nitrogens is 2. The fraction of sp³-hybridized carbons (Fsp3) is 0.583. The molecule has 0 amide bonds. The normalized spacial score (nSPS) is 20.7. The molecular formula is C12H19N3. The number of nitrogens with zero attached hydrogens (tertiary/aromatic N) is 2. The molecule has 0 fully saturated rings. The van der Waals surface area contributed by atoms with E-state index in [0.29, 0.717) is 0 Å². The van der Waals surface area contributed by atoms with Crippen LogP contribution < -0.4 is 5.32 Å². The van der Waals surface area contributed by atoms with Crippen molar-refractivity contribution in [3.8, 4) is 0 Å². The summed E-state index contributed by atoms with van der Waals surface area (Å²) in [7, 11) is 0. The second kappa shape index (κ2) is 5.71. The van der Waals surface area contributed by atoms with Crippen molar-refractivity contribution in [2.24, 2.45) is 5.92 Å². The van der Waals surface area contributed by atoms with E-state index < -0.39 is 0 Å². The Morgan fingerprint density at radius 2 is 2.40 bits per heavy atom. The molecule has 3 heteroatoms. The minimum absolute atomic E-state index is 0.845. The van der Waals surface area contributed by atoms with Gasteiger partial charge in [0.2, 0.25) is 0 Å². The monoisotopic (exact) mass is 205 g/mol. The van der Waals surface area contributed by atoms with Crippen molar-refractivity contribution >= 4 is 0 Å². The van der Waals surface area contributed by atoms with E-state index >= 15 is 0 Å². The smallest absolute Gasteiger partial charge is 0.0946 e. The second-order valence-electron chi connectivity index (χ2n) is 4.16. The van der Waals surface area contributed by atoms with Gasteiger partial charge in [-0.15, -0.1) is 0 Å². The maximum absolute atomic E-state index is 4.02. The Kier molecular flexibility index (Phi) is 3.97. The molecule has 1 aliphatic rings. The number of hydrogen-bond acceptors (Lipinski definition) is 2. The summed E-state index contributed by atoms with van der Waals surface area (Å²) in [5.41, 5.74) is 0. The fourth-order valence-electron chi connectivity index (χ4n) is 1.98. The first-order chi connectivity index (χ1) is 7.45. The highest BCUT2D eigenvalue weighted by Gasteiger charge is 2.08. The van der Waals surface area contributed by atoms with Crippen molar-refractivity contribution in [2.45, 2.75) is 25.8 Å². The van der Waals surface area contributed by atoms with E-state index in [0.717, 1.165) is 25.6 Å². The average molecular weight is 205 g/mol. The van der Waals surface area contributed by atoms with E-state index in [1.54, 1.807) is 0 Å². The summed E-state index contributed by atoms with van der Waals surface area (Å²) in [6.07, 6.45) is 14.1. The van der Waals surface area contributed by atoms with E-state index in [4.69, 9.17) is 0 Å². The van der Waals surface area contributed by atoms with Gasteiger partial charge in [-0.3, -0.25) is 0 Å². The molecule has 0 aromatic carbocycles. The average Bonchev–Trinajstić information content (AvgIpc) is 2.79. The highest BCUT2D eigenvalue weighted by molar-refractivity contribution is 4.90. The van der Waals surface area contributed by atoms with Crippen LogP contribution in [0.5, 0.6) is 0 Å². The Labute approximate surface area is 91.2 Å². The van der Waals surface area contributed by atoms with E-state index in [-0.39, 0.29) is 0 Å². The van der Waals surface area contributed by atoms with Gasteiger partial charge < -0.3 is 9.88 Å². The molecule has 1 heterocycles. The summed E-state index contributed by atoms with van der Waals surface area (Å²) in [5, 5.41) is 3.51. The molecule has 82 valence electrons. The van der Waals surface area contributed by atoms with Crippen LogP contribution in [0.15, 0.2) is 30.9 Å². The van der Waals surface area contributed by atoms with Gasteiger partial charge in [-0.1, -0.05) is 12.2 Å². The second-order valence-corrected chi connectivity index (χ2v) is 4.16. The minimum Gasteiger partial charge on any atom is -0.336 e. The van der Waals surface area contributed by atoms with Crippen LogP contribution in [0.1, 0.15) is 19.3 Å². The van der Waals surface area contributed by atoms with Gasteiger partial charge in [0.1, 0.15) is 0 Å². The van der Waals surface area contributed by atoms with Crippen LogP contribution >= 0.6 is 0 Å². The molecule has 3 nitrogen and oxygen atoms in total. The Hall–Kier alpha value is -1.09. The summed E-state index contributed by atoms with van der Waals surface area (Å²) in [4.78, 5) is 4.02. The van der Waals surface area contributed by atoms with Crippen LogP contribution in [0, 0.1) is 5.92 Å². The van der Waals surface area contributed by atoms with Crippen LogP contribution in [0.4, 0.5) is 0 Å². The van der Waals surface area contributed by atoms with Crippen LogP contribution in [0.25, 0.3) is 0 Å². The summed E-state index contributed by atoms with van der Waals surface area (Å²) in [6, 6.07) is 0. The molecule has 15 heavy (non-hydrogen) atoms.